The first-order valence-electron chi connectivity index (χ1n) is 7.53. The van der Waals surface area contributed by atoms with Crippen LogP contribution in [0.5, 0.6) is 0 Å². The maximum atomic E-state index is 12.3. The molecule has 1 radical (unpaired) electrons. The van der Waals surface area contributed by atoms with Gasteiger partial charge in [0.1, 0.15) is 0 Å². The highest BCUT2D eigenvalue weighted by atomic mass is 28.3. The van der Waals surface area contributed by atoms with Crippen LogP contribution in [0.2, 0.25) is 6.04 Å². The van der Waals surface area contributed by atoms with Crippen LogP contribution in [0, 0.1) is 0 Å². The summed E-state index contributed by atoms with van der Waals surface area (Å²) >= 11 is 0. The van der Waals surface area contributed by atoms with Crippen LogP contribution >= 0.6 is 0 Å². The van der Waals surface area contributed by atoms with Gasteiger partial charge in [0, 0.05) is 30.4 Å². The van der Waals surface area contributed by atoms with Crippen LogP contribution in [-0.2, 0) is 4.79 Å². The molecule has 2 saturated heterocycles. The van der Waals surface area contributed by atoms with Gasteiger partial charge < -0.3 is 14.9 Å². The fourth-order valence-corrected chi connectivity index (χ4v) is 4.60. The Bertz CT molecular complexity index is 639. The van der Waals surface area contributed by atoms with Crippen LogP contribution < -0.4 is 21.2 Å². The van der Waals surface area contributed by atoms with E-state index >= 15 is 0 Å². The summed E-state index contributed by atoms with van der Waals surface area (Å²) in [6.45, 7) is 1.86. The van der Waals surface area contributed by atoms with Gasteiger partial charge >= 0.3 is 0 Å². The molecule has 1 aromatic heterocycles. The summed E-state index contributed by atoms with van der Waals surface area (Å²) in [4.78, 5) is 38.3. The number of hydrogen-bond donors (Lipinski definition) is 3. The Balaban J connectivity index is 1.70. The molecule has 2 amide bonds. The third-order valence-electron chi connectivity index (χ3n) is 4.07. The average molecular weight is 319 g/mol. The van der Waals surface area contributed by atoms with Gasteiger partial charge in [-0.2, -0.15) is 0 Å². The molecule has 8 heteroatoms. The molecule has 0 saturated carbocycles. The van der Waals surface area contributed by atoms with Gasteiger partial charge in [-0.3, -0.25) is 19.7 Å². The second kappa shape index (κ2) is 6.45. The summed E-state index contributed by atoms with van der Waals surface area (Å²) in [7, 11) is -1.54. The lowest BCUT2D eigenvalue weighted by molar-refractivity contribution is -0.119. The Morgan fingerprint density at radius 3 is 2.68 bits per heavy atom. The standard InChI is InChI=1S/C14H19N4O3Si/c19-12-4-8-22(14(21)16-12)17-10-3-7-18(13(20)9-10)11-1-5-15-6-2-11/h3,7,9,11,15,17H,1-2,4-6,8H2,(H,16,19,21). The van der Waals surface area contributed by atoms with Crippen LogP contribution in [0.4, 0.5) is 10.5 Å². The molecule has 2 aliphatic heterocycles. The van der Waals surface area contributed by atoms with Crippen molar-refractivity contribution in [1.82, 2.24) is 15.2 Å². The van der Waals surface area contributed by atoms with E-state index in [0.29, 0.717) is 18.2 Å². The van der Waals surface area contributed by atoms with Gasteiger partial charge in [0.2, 0.25) is 11.4 Å². The third kappa shape index (κ3) is 3.28. The minimum Gasteiger partial charge on any atom is -0.403 e. The number of nitrogens with zero attached hydrogens (tertiary/aromatic N) is 1. The molecule has 0 atom stereocenters. The number of aromatic nitrogens is 1. The number of piperidine rings is 1. The SMILES string of the molecule is O=C1CC[Si](Nc2ccn(C3CCNCC3)c(=O)c2)C(=O)N1. The third-order valence-corrected chi connectivity index (χ3v) is 6.09. The van der Waals surface area contributed by atoms with Gasteiger partial charge in [0.15, 0.2) is 0 Å². The molecule has 22 heavy (non-hydrogen) atoms. The van der Waals surface area contributed by atoms with Crippen molar-refractivity contribution in [3.63, 3.8) is 0 Å². The average Bonchev–Trinajstić information content (AvgIpc) is 2.51. The predicted molar refractivity (Wildman–Crippen MR) is 84.2 cm³/mol. The van der Waals surface area contributed by atoms with Crippen LogP contribution in [0.25, 0.3) is 0 Å². The lowest BCUT2D eigenvalue weighted by Crippen LogP contribution is -2.49. The molecular formula is C14H19N4O3Si. The maximum Gasteiger partial charge on any atom is 0.279 e. The number of amides is 2. The highest BCUT2D eigenvalue weighted by molar-refractivity contribution is 6.93. The number of rotatable bonds is 3. The van der Waals surface area contributed by atoms with E-state index in [4.69, 9.17) is 0 Å². The fourth-order valence-electron chi connectivity index (χ4n) is 2.86. The highest BCUT2D eigenvalue weighted by Gasteiger charge is 2.29. The van der Waals surface area contributed by atoms with Crippen LogP contribution in [0.15, 0.2) is 23.1 Å². The monoisotopic (exact) mass is 319 g/mol. The summed E-state index contributed by atoms with van der Waals surface area (Å²) < 4.78 is 1.77. The molecule has 2 aliphatic rings. The molecular weight excluding hydrogens is 300 g/mol. The molecule has 117 valence electrons. The molecule has 2 fully saturated rings. The molecule has 0 aliphatic carbocycles. The van der Waals surface area contributed by atoms with Crippen molar-refractivity contribution in [3.05, 3.63) is 28.7 Å². The minimum absolute atomic E-state index is 0.0493. The minimum atomic E-state index is -1.54. The summed E-state index contributed by atoms with van der Waals surface area (Å²) in [5, 5.41) is 5.62. The zero-order valence-electron chi connectivity index (χ0n) is 12.2. The molecule has 1 aromatic rings. The number of pyridine rings is 1. The van der Waals surface area contributed by atoms with Crippen LogP contribution in [0.1, 0.15) is 25.3 Å². The Hall–Kier alpha value is -1.93. The van der Waals surface area contributed by atoms with Crippen molar-refractivity contribution >= 4 is 26.1 Å². The van der Waals surface area contributed by atoms with E-state index in [1.807, 2.05) is 6.07 Å². The largest absolute Gasteiger partial charge is 0.403 e. The van der Waals surface area contributed by atoms with Gasteiger partial charge in [-0.05, 0) is 38.0 Å². The summed E-state index contributed by atoms with van der Waals surface area (Å²) in [6.07, 6.45) is 4.06. The Kier molecular flexibility index (Phi) is 4.39. The summed E-state index contributed by atoms with van der Waals surface area (Å²) in [5.74, 6) is -0.220. The molecule has 0 aromatic carbocycles. The van der Waals surface area contributed by atoms with Gasteiger partial charge in [-0.15, -0.1) is 0 Å². The van der Waals surface area contributed by atoms with Gasteiger partial charge in [-0.25, -0.2) is 0 Å². The van der Waals surface area contributed by atoms with Crippen LogP contribution in [-0.4, -0.2) is 38.1 Å². The number of anilines is 1. The smallest absolute Gasteiger partial charge is 0.279 e. The number of carbonyl (C=O) groups excluding carboxylic acids is 2. The number of carbonyl (C=O) groups is 2. The molecule has 3 N–H and O–H groups in total. The van der Waals surface area contributed by atoms with E-state index < -0.39 is 8.96 Å². The molecule has 0 bridgehead atoms. The Morgan fingerprint density at radius 1 is 1.23 bits per heavy atom. The van der Waals surface area contributed by atoms with Gasteiger partial charge in [0.05, 0.1) is 0 Å². The van der Waals surface area contributed by atoms with Gasteiger partial charge in [-0.1, -0.05) is 0 Å². The van der Waals surface area contributed by atoms with E-state index in [1.54, 1.807) is 16.8 Å². The molecule has 0 unspecified atom stereocenters. The Morgan fingerprint density at radius 2 is 2.00 bits per heavy atom. The predicted octanol–water partition coefficient (Wildman–Crippen LogP) is 0.398. The fraction of sp³-hybridized carbons (Fsp3) is 0.500. The van der Waals surface area contributed by atoms with E-state index in [2.05, 4.69) is 15.6 Å². The Labute approximate surface area is 129 Å². The molecule has 0 spiro atoms. The van der Waals surface area contributed by atoms with E-state index in [9.17, 15) is 14.4 Å². The number of imide groups is 1. The van der Waals surface area contributed by atoms with Crippen molar-refractivity contribution in [2.24, 2.45) is 0 Å². The first-order chi connectivity index (χ1) is 10.6. The lowest BCUT2D eigenvalue weighted by atomic mass is 10.1. The number of hydrogen-bond acceptors (Lipinski definition) is 5. The van der Waals surface area contributed by atoms with Crippen molar-refractivity contribution < 1.29 is 9.59 Å². The van der Waals surface area contributed by atoms with E-state index in [0.717, 1.165) is 25.9 Å². The highest BCUT2D eigenvalue weighted by Crippen LogP contribution is 2.17. The molecule has 3 heterocycles. The molecule has 7 nitrogen and oxygen atoms in total. The normalized spacial score (nSPS) is 20.7. The van der Waals surface area contributed by atoms with Crippen molar-refractivity contribution in [2.75, 3.05) is 18.1 Å². The quantitative estimate of drug-likeness (QED) is 0.701. The van der Waals surface area contributed by atoms with E-state index in [1.165, 1.54) is 0 Å². The van der Waals surface area contributed by atoms with Gasteiger partial charge in [0.25, 0.3) is 14.5 Å². The van der Waals surface area contributed by atoms with Crippen LogP contribution in [0.3, 0.4) is 0 Å². The first-order valence-corrected chi connectivity index (χ1v) is 9.24. The first kappa shape index (κ1) is 15.0. The second-order valence-electron chi connectivity index (χ2n) is 5.62. The topological polar surface area (TPSA) is 92.2 Å². The summed E-state index contributed by atoms with van der Waals surface area (Å²) in [6, 6.07) is 4.17. The maximum absolute atomic E-state index is 12.3. The molecule has 3 rings (SSSR count). The van der Waals surface area contributed by atoms with E-state index in [-0.39, 0.29) is 23.0 Å². The zero-order valence-corrected chi connectivity index (χ0v) is 13.2. The van der Waals surface area contributed by atoms with Crippen molar-refractivity contribution in [3.8, 4) is 0 Å². The zero-order chi connectivity index (χ0) is 15.5. The van der Waals surface area contributed by atoms with Crippen molar-refractivity contribution in [1.29, 1.82) is 0 Å². The second-order valence-corrected chi connectivity index (χ2v) is 7.78. The number of nitrogens with one attached hydrogen (secondary N) is 3. The van der Waals surface area contributed by atoms with Crippen molar-refractivity contribution in [2.45, 2.75) is 31.3 Å². The lowest BCUT2D eigenvalue weighted by Gasteiger charge is -2.25. The summed E-state index contributed by atoms with van der Waals surface area (Å²) in [5.41, 5.74) is 0.379.